The molecular weight excluding hydrogens is 320 g/mol. The third-order valence-electron chi connectivity index (χ3n) is 4.38. The molecule has 0 aromatic carbocycles. The number of rotatable bonds is 6. The summed E-state index contributed by atoms with van der Waals surface area (Å²) in [5.74, 6) is 1.41. The average molecular weight is 344 g/mol. The molecule has 0 spiro atoms. The zero-order valence-corrected chi connectivity index (χ0v) is 14.7. The van der Waals surface area contributed by atoms with Gasteiger partial charge in [-0.3, -0.25) is 14.5 Å². The number of nitrogens with one attached hydrogen (secondary N) is 2. The summed E-state index contributed by atoms with van der Waals surface area (Å²) in [6.07, 6.45) is 3.22. The van der Waals surface area contributed by atoms with Crippen LogP contribution >= 0.6 is 0 Å². The van der Waals surface area contributed by atoms with Crippen molar-refractivity contribution in [2.24, 2.45) is 0 Å². The summed E-state index contributed by atoms with van der Waals surface area (Å²) < 4.78 is 5.74. The van der Waals surface area contributed by atoms with Crippen molar-refractivity contribution >= 4 is 5.91 Å². The molecule has 1 aliphatic rings. The standard InChI is InChI=1S/C18H24N4O3/c1-3-15-13(11-22-6-4-5-7-22)8-16(25-15)18(24)19-10-14-9-17(23)21-12(2)20-14/h8-9H,3-7,10-11H2,1-2H3,(H,19,24)(H,20,21,23). The number of amides is 1. The van der Waals surface area contributed by atoms with Gasteiger partial charge in [-0.15, -0.1) is 0 Å². The molecule has 25 heavy (non-hydrogen) atoms. The van der Waals surface area contributed by atoms with E-state index in [1.165, 1.54) is 18.9 Å². The largest absolute Gasteiger partial charge is 0.456 e. The highest BCUT2D eigenvalue weighted by Crippen LogP contribution is 2.20. The smallest absolute Gasteiger partial charge is 0.287 e. The topological polar surface area (TPSA) is 91.2 Å². The molecule has 0 radical (unpaired) electrons. The molecule has 134 valence electrons. The highest BCUT2D eigenvalue weighted by molar-refractivity contribution is 5.91. The van der Waals surface area contributed by atoms with E-state index in [0.717, 1.165) is 37.4 Å². The first-order chi connectivity index (χ1) is 12.0. The fourth-order valence-electron chi connectivity index (χ4n) is 3.18. The van der Waals surface area contributed by atoms with E-state index in [4.69, 9.17) is 4.42 Å². The van der Waals surface area contributed by atoms with Crippen molar-refractivity contribution in [3.8, 4) is 0 Å². The molecule has 7 nitrogen and oxygen atoms in total. The summed E-state index contributed by atoms with van der Waals surface area (Å²) >= 11 is 0. The van der Waals surface area contributed by atoms with E-state index in [-0.39, 0.29) is 18.0 Å². The second-order valence-corrected chi connectivity index (χ2v) is 6.40. The van der Waals surface area contributed by atoms with Gasteiger partial charge in [-0.05, 0) is 38.9 Å². The summed E-state index contributed by atoms with van der Waals surface area (Å²) in [5, 5.41) is 2.77. The van der Waals surface area contributed by atoms with Gasteiger partial charge >= 0.3 is 0 Å². The van der Waals surface area contributed by atoms with E-state index in [0.29, 0.717) is 17.3 Å². The lowest BCUT2D eigenvalue weighted by atomic mass is 10.2. The predicted molar refractivity (Wildman–Crippen MR) is 93.4 cm³/mol. The Kier molecular flexibility index (Phi) is 5.33. The lowest BCUT2D eigenvalue weighted by molar-refractivity contribution is 0.0921. The van der Waals surface area contributed by atoms with Gasteiger partial charge < -0.3 is 14.7 Å². The zero-order valence-electron chi connectivity index (χ0n) is 14.7. The minimum Gasteiger partial charge on any atom is -0.456 e. The fourth-order valence-corrected chi connectivity index (χ4v) is 3.18. The minimum absolute atomic E-state index is 0.188. The molecule has 0 atom stereocenters. The van der Waals surface area contributed by atoms with Crippen molar-refractivity contribution < 1.29 is 9.21 Å². The number of nitrogens with zero attached hydrogens (tertiary/aromatic N) is 2. The van der Waals surface area contributed by atoms with Crippen molar-refractivity contribution in [1.82, 2.24) is 20.2 Å². The van der Waals surface area contributed by atoms with E-state index in [9.17, 15) is 9.59 Å². The number of carbonyl (C=O) groups excluding carboxylic acids is 1. The van der Waals surface area contributed by atoms with E-state index < -0.39 is 0 Å². The van der Waals surface area contributed by atoms with Crippen LogP contribution in [0.2, 0.25) is 0 Å². The van der Waals surface area contributed by atoms with Crippen LogP contribution in [-0.2, 0) is 19.5 Å². The van der Waals surface area contributed by atoms with Crippen LogP contribution in [0.5, 0.6) is 0 Å². The Hall–Kier alpha value is -2.41. The molecular formula is C18H24N4O3. The summed E-state index contributed by atoms with van der Waals surface area (Å²) in [6, 6.07) is 3.22. The Bertz CT molecular complexity index is 803. The number of aromatic amines is 1. The number of likely N-dealkylation sites (tertiary alicyclic amines) is 1. The van der Waals surface area contributed by atoms with Gasteiger partial charge in [0.1, 0.15) is 11.6 Å². The maximum absolute atomic E-state index is 12.4. The molecule has 1 saturated heterocycles. The highest BCUT2D eigenvalue weighted by atomic mass is 16.4. The van der Waals surface area contributed by atoms with Gasteiger partial charge in [0.2, 0.25) is 0 Å². The Balaban J connectivity index is 1.66. The summed E-state index contributed by atoms with van der Waals surface area (Å²) in [6.45, 7) is 6.95. The summed E-state index contributed by atoms with van der Waals surface area (Å²) in [5.41, 5.74) is 1.38. The van der Waals surface area contributed by atoms with Gasteiger partial charge in [0.05, 0.1) is 12.2 Å². The quantitative estimate of drug-likeness (QED) is 0.833. The first kappa shape index (κ1) is 17.4. The van der Waals surface area contributed by atoms with Crippen molar-refractivity contribution in [3.63, 3.8) is 0 Å². The van der Waals surface area contributed by atoms with E-state index >= 15 is 0 Å². The molecule has 1 amide bonds. The maximum Gasteiger partial charge on any atom is 0.287 e. The lowest BCUT2D eigenvalue weighted by Crippen LogP contribution is -2.24. The Labute approximate surface area is 146 Å². The summed E-state index contributed by atoms with van der Waals surface area (Å²) in [7, 11) is 0. The first-order valence-corrected chi connectivity index (χ1v) is 8.74. The molecule has 2 N–H and O–H groups in total. The van der Waals surface area contributed by atoms with E-state index in [2.05, 4.69) is 20.2 Å². The second kappa shape index (κ2) is 7.65. The highest BCUT2D eigenvalue weighted by Gasteiger charge is 2.19. The van der Waals surface area contributed by atoms with Crippen molar-refractivity contribution in [2.45, 2.75) is 46.2 Å². The molecule has 1 aliphatic heterocycles. The third-order valence-corrected chi connectivity index (χ3v) is 4.38. The van der Waals surface area contributed by atoms with Crippen molar-refractivity contribution in [1.29, 1.82) is 0 Å². The van der Waals surface area contributed by atoms with Crippen LogP contribution in [-0.4, -0.2) is 33.9 Å². The van der Waals surface area contributed by atoms with Gasteiger partial charge in [-0.25, -0.2) is 4.98 Å². The van der Waals surface area contributed by atoms with Gasteiger partial charge in [-0.1, -0.05) is 6.92 Å². The molecule has 3 heterocycles. The number of furan rings is 1. The normalized spacial score (nSPS) is 14.8. The molecule has 0 unspecified atom stereocenters. The van der Waals surface area contributed by atoms with Gasteiger partial charge in [-0.2, -0.15) is 0 Å². The second-order valence-electron chi connectivity index (χ2n) is 6.40. The minimum atomic E-state index is -0.290. The molecule has 1 fully saturated rings. The third kappa shape index (κ3) is 4.36. The lowest BCUT2D eigenvalue weighted by Gasteiger charge is -2.13. The van der Waals surface area contributed by atoms with E-state index in [1.807, 2.05) is 13.0 Å². The average Bonchev–Trinajstić information content (AvgIpc) is 3.22. The first-order valence-electron chi connectivity index (χ1n) is 8.74. The molecule has 2 aromatic rings. The molecule has 3 rings (SSSR count). The molecule has 0 saturated carbocycles. The van der Waals surface area contributed by atoms with Crippen LogP contribution in [0, 0.1) is 6.92 Å². The van der Waals surface area contributed by atoms with Gasteiger partial charge in [0.25, 0.3) is 11.5 Å². The number of H-pyrrole nitrogens is 1. The molecule has 2 aromatic heterocycles. The molecule has 7 heteroatoms. The SMILES string of the molecule is CCc1oc(C(=O)NCc2cc(=O)[nH]c(C)n2)cc1CN1CCCC1. The van der Waals surface area contributed by atoms with Crippen LogP contribution in [0.1, 0.15) is 53.2 Å². The van der Waals surface area contributed by atoms with E-state index in [1.54, 1.807) is 6.92 Å². The number of hydrogen-bond donors (Lipinski definition) is 2. The number of carbonyl (C=O) groups is 1. The maximum atomic E-state index is 12.4. The Morgan fingerprint density at radius 3 is 2.80 bits per heavy atom. The van der Waals surface area contributed by atoms with Crippen LogP contribution in [0.15, 0.2) is 21.3 Å². The molecule has 0 aliphatic carbocycles. The van der Waals surface area contributed by atoms with Gasteiger partial charge in [0.15, 0.2) is 5.76 Å². The zero-order chi connectivity index (χ0) is 17.8. The fraction of sp³-hybridized carbons (Fsp3) is 0.500. The van der Waals surface area contributed by atoms with Gasteiger partial charge in [0, 0.05) is 24.6 Å². The van der Waals surface area contributed by atoms with Crippen molar-refractivity contribution in [3.05, 3.63) is 51.1 Å². The number of aryl methyl sites for hydroxylation is 2. The number of aromatic nitrogens is 2. The van der Waals surface area contributed by atoms with Crippen LogP contribution in [0.4, 0.5) is 0 Å². The Morgan fingerprint density at radius 2 is 2.12 bits per heavy atom. The van der Waals surface area contributed by atoms with Crippen LogP contribution in [0.3, 0.4) is 0 Å². The summed E-state index contributed by atoms with van der Waals surface area (Å²) in [4.78, 5) is 33.0. The van der Waals surface area contributed by atoms with Crippen LogP contribution in [0.25, 0.3) is 0 Å². The number of hydrogen-bond acceptors (Lipinski definition) is 5. The van der Waals surface area contributed by atoms with Crippen molar-refractivity contribution in [2.75, 3.05) is 13.1 Å². The molecule has 0 bridgehead atoms. The van der Waals surface area contributed by atoms with Crippen LogP contribution < -0.4 is 10.9 Å². The predicted octanol–water partition coefficient (Wildman–Crippen LogP) is 1.76. The monoisotopic (exact) mass is 344 g/mol. The Morgan fingerprint density at radius 1 is 1.36 bits per heavy atom.